The number of hydrogen-bond acceptors (Lipinski definition) is 3. The Bertz CT molecular complexity index is 699. The van der Waals surface area contributed by atoms with Gasteiger partial charge >= 0.3 is 0 Å². The highest BCUT2D eigenvalue weighted by molar-refractivity contribution is 14.1. The van der Waals surface area contributed by atoms with Crippen LogP contribution >= 0.6 is 22.6 Å². The number of benzene rings is 1. The number of amides is 1. The number of carbonyl (C=O) groups is 1. The fraction of sp³-hybridized carbons (Fsp3) is 0.385. The highest BCUT2D eigenvalue weighted by Crippen LogP contribution is 2.30. The van der Waals surface area contributed by atoms with E-state index in [2.05, 4.69) is 4.98 Å². The van der Waals surface area contributed by atoms with Gasteiger partial charge in [-0.05, 0) is 35.1 Å². The van der Waals surface area contributed by atoms with Gasteiger partial charge in [-0.1, -0.05) is 0 Å². The van der Waals surface area contributed by atoms with Crippen LogP contribution in [0.25, 0.3) is 11.0 Å². The molecule has 7 heteroatoms. The number of carbonyl (C=O) groups excluding carboxylic acids is 1. The van der Waals surface area contributed by atoms with Gasteiger partial charge in [0.05, 0.1) is 20.6 Å². The van der Waals surface area contributed by atoms with Crippen molar-refractivity contribution in [3.05, 3.63) is 21.5 Å². The van der Waals surface area contributed by atoms with Gasteiger partial charge in [0, 0.05) is 26.1 Å². The predicted molar refractivity (Wildman–Crippen MR) is 82.7 cm³/mol. The number of piperidine rings is 1. The molecule has 1 amide bonds. The largest absolute Gasteiger partial charge is 0.369 e. The molecule has 1 aromatic carbocycles. The summed E-state index contributed by atoms with van der Waals surface area (Å²) >= 11 is 1.94. The molecule has 1 unspecified atom stereocenters. The summed E-state index contributed by atoms with van der Waals surface area (Å²) < 4.78 is 16.2. The Hall–Kier alpha value is -1.38. The quantitative estimate of drug-likeness (QED) is 0.762. The first kappa shape index (κ1) is 13.6. The van der Waals surface area contributed by atoms with Crippen LogP contribution in [0.5, 0.6) is 0 Å². The lowest BCUT2D eigenvalue weighted by molar-refractivity contribution is -0.132. The van der Waals surface area contributed by atoms with Crippen LogP contribution in [0.3, 0.4) is 0 Å². The van der Waals surface area contributed by atoms with E-state index < -0.39 is 0 Å². The molecule has 2 aromatic rings. The number of fused-ring (bicyclic) bond motifs is 1. The van der Waals surface area contributed by atoms with Gasteiger partial charge in [-0.3, -0.25) is 4.79 Å². The van der Waals surface area contributed by atoms with Crippen molar-refractivity contribution < 1.29 is 9.18 Å². The molecule has 1 aliphatic heterocycles. The molecular weight excluding hydrogens is 374 g/mol. The first-order chi connectivity index (χ1) is 9.47. The van der Waals surface area contributed by atoms with E-state index in [0.29, 0.717) is 39.9 Å². The van der Waals surface area contributed by atoms with Crippen molar-refractivity contribution >= 4 is 45.5 Å². The van der Waals surface area contributed by atoms with Crippen LogP contribution in [0.4, 0.5) is 10.3 Å². The number of nitrogens with two attached hydrogens (primary N) is 1. The van der Waals surface area contributed by atoms with Crippen LogP contribution in [0.2, 0.25) is 0 Å². The number of rotatable bonds is 1. The Labute approximate surface area is 129 Å². The first-order valence-corrected chi connectivity index (χ1v) is 7.41. The molecule has 5 nitrogen and oxygen atoms in total. The average Bonchev–Trinajstić information content (AvgIpc) is 2.69. The van der Waals surface area contributed by atoms with E-state index in [1.54, 1.807) is 18.0 Å². The number of hydrogen-bond donors (Lipinski definition) is 1. The van der Waals surface area contributed by atoms with Crippen LogP contribution in [-0.2, 0) is 4.79 Å². The molecule has 0 radical (unpaired) electrons. The second-order valence-electron chi connectivity index (χ2n) is 5.06. The summed E-state index contributed by atoms with van der Waals surface area (Å²) in [6, 6.07) is 3.20. The van der Waals surface area contributed by atoms with Crippen LogP contribution in [-0.4, -0.2) is 34.0 Å². The lowest BCUT2D eigenvalue weighted by Gasteiger charge is -2.31. The highest BCUT2D eigenvalue weighted by Gasteiger charge is 2.27. The maximum absolute atomic E-state index is 13.8. The van der Waals surface area contributed by atoms with Crippen molar-refractivity contribution in [3.8, 4) is 0 Å². The SMILES string of the molecule is CN1CC(n2c(N)nc3cc(I)c(F)cc32)CCC1=O. The number of likely N-dealkylation sites (N-methyl/N-ethyl adjacent to an activating group) is 1. The number of aromatic nitrogens is 2. The minimum atomic E-state index is -0.278. The van der Waals surface area contributed by atoms with E-state index >= 15 is 0 Å². The van der Waals surface area contributed by atoms with Crippen molar-refractivity contribution in [2.75, 3.05) is 19.3 Å². The maximum Gasteiger partial charge on any atom is 0.222 e. The molecule has 0 aliphatic carbocycles. The van der Waals surface area contributed by atoms with Gasteiger partial charge < -0.3 is 15.2 Å². The zero-order chi connectivity index (χ0) is 14.4. The van der Waals surface area contributed by atoms with E-state index in [4.69, 9.17) is 5.73 Å². The molecule has 20 heavy (non-hydrogen) atoms. The lowest BCUT2D eigenvalue weighted by Crippen LogP contribution is -2.38. The topological polar surface area (TPSA) is 64.2 Å². The van der Waals surface area contributed by atoms with Gasteiger partial charge in [-0.15, -0.1) is 0 Å². The van der Waals surface area contributed by atoms with Crippen LogP contribution in [0.1, 0.15) is 18.9 Å². The molecule has 106 valence electrons. The summed E-state index contributed by atoms with van der Waals surface area (Å²) in [5, 5.41) is 0. The van der Waals surface area contributed by atoms with E-state index in [-0.39, 0.29) is 17.8 Å². The van der Waals surface area contributed by atoms with Crippen molar-refractivity contribution in [1.29, 1.82) is 0 Å². The zero-order valence-electron chi connectivity index (χ0n) is 10.9. The Morgan fingerprint density at radius 2 is 2.25 bits per heavy atom. The number of nitrogens with zero attached hydrogens (tertiary/aromatic N) is 3. The average molecular weight is 388 g/mol. The third-order valence-corrected chi connectivity index (χ3v) is 4.55. The fourth-order valence-corrected chi connectivity index (χ4v) is 3.14. The maximum atomic E-state index is 13.8. The molecule has 1 aliphatic rings. The summed E-state index contributed by atoms with van der Waals surface area (Å²) in [4.78, 5) is 17.5. The first-order valence-electron chi connectivity index (χ1n) is 6.34. The molecule has 2 N–H and O–H groups in total. The summed E-state index contributed by atoms with van der Waals surface area (Å²) in [5.41, 5.74) is 7.36. The fourth-order valence-electron chi connectivity index (χ4n) is 2.69. The molecule has 0 saturated carbocycles. The minimum absolute atomic E-state index is 0.0437. The van der Waals surface area contributed by atoms with Crippen molar-refractivity contribution in [1.82, 2.24) is 14.5 Å². The third kappa shape index (κ3) is 2.13. The summed E-state index contributed by atoms with van der Waals surface area (Å²) in [6.45, 7) is 0.572. The van der Waals surface area contributed by atoms with Crippen LogP contribution < -0.4 is 5.73 Å². The molecule has 1 aromatic heterocycles. The number of anilines is 1. The zero-order valence-corrected chi connectivity index (χ0v) is 13.1. The van der Waals surface area contributed by atoms with Gasteiger partial charge in [0.2, 0.25) is 11.9 Å². The standard InChI is InChI=1S/C13H14FIN4O/c1-18-6-7(2-3-12(18)20)19-11-4-8(14)9(15)5-10(11)17-13(19)16/h4-5,7H,2-3,6H2,1H3,(H2,16,17). The minimum Gasteiger partial charge on any atom is -0.369 e. The third-order valence-electron chi connectivity index (χ3n) is 3.73. The Balaban J connectivity index is 2.09. The second-order valence-corrected chi connectivity index (χ2v) is 6.22. The van der Waals surface area contributed by atoms with Crippen LogP contribution in [0, 0.1) is 9.39 Å². The van der Waals surface area contributed by atoms with E-state index in [9.17, 15) is 9.18 Å². The number of nitrogen functional groups attached to an aromatic ring is 1. The molecule has 1 atom stereocenters. The molecule has 1 fully saturated rings. The highest BCUT2D eigenvalue weighted by atomic mass is 127. The van der Waals surface area contributed by atoms with Crippen LogP contribution in [0.15, 0.2) is 12.1 Å². The predicted octanol–water partition coefficient (Wildman–Crippen LogP) is 2.16. The number of halogens is 2. The van der Waals surface area contributed by atoms with Crippen molar-refractivity contribution in [3.63, 3.8) is 0 Å². The molecule has 0 bridgehead atoms. The Morgan fingerprint density at radius 1 is 1.50 bits per heavy atom. The Morgan fingerprint density at radius 3 is 2.95 bits per heavy atom. The van der Waals surface area contributed by atoms with E-state index in [0.717, 1.165) is 0 Å². The summed E-state index contributed by atoms with van der Waals surface area (Å²) in [6.07, 6.45) is 1.18. The van der Waals surface area contributed by atoms with Crippen molar-refractivity contribution in [2.45, 2.75) is 18.9 Å². The second kappa shape index (κ2) is 4.87. The van der Waals surface area contributed by atoms with E-state index in [1.165, 1.54) is 6.07 Å². The van der Waals surface area contributed by atoms with Gasteiger partial charge in [-0.2, -0.15) is 0 Å². The van der Waals surface area contributed by atoms with E-state index in [1.807, 2.05) is 27.2 Å². The number of likely N-dealkylation sites (tertiary alicyclic amines) is 1. The van der Waals surface area contributed by atoms with Gasteiger partial charge in [-0.25, -0.2) is 9.37 Å². The van der Waals surface area contributed by atoms with Crippen molar-refractivity contribution in [2.24, 2.45) is 0 Å². The van der Waals surface area contributed by atoms with Gasteiger partial charge in [0.15, 0.2) is 0 Å². The Kier molecular flexibility index (Phi) is 3.31. The smallest absolute Gasteiger partial charge is 0.222 e. The molecule has 1 saturated heterocycles. The molecule has 0 spiro atoms. The lowest BCUT2D eigenvalue weighted by atomic mass is 10.1. The van der Waals surface area contributed by atoms with Gasteiger partial charge in [0.25, 0.3) is 0 Å². The van der Waals surface area contributed by atoms with Gasteiger partial charge in [0.1, 0.15) is 5.82 Å². The summed E-state index contributed by atoms with van der Waals surface area (Å²) in [7, 11) is 1.77. The summed E-state index contributed by atoms with van der Waals surface area (Å²) in [5.74, 6) is 0.221. The normalized spacial score (nSPS) is 19.9. The number of imidazole rings is 1. The molecule has 2 heterocycles. The monoisotopic (exact) mass is 388 g/mol. The molecule has 3 rings (SSSR count). The molecular formula is C13H14FIN4O.